The maximum atomic E-state index is 11.0. The van der Waals surface area contributed by atoms with Crippen LogP contribution in [0.15, 0.2) is 29.3 Å². The van der Waals surface area contributed by atoms with Crippen LogP contribution >= 0.6 is 0 Å². The molecule has 0 heterocycles. The molecule has 19 heavy (non-hydrogen) atoms. The van der Waals surface area contributed by atoms with Gasteiger partial charge in [0, 0.05) is 23.8 Å². The summed E-state index contributed by atoms with van der Waals surface area (Å²) < 4.78 is 4.53. The van der Waals surface area contributed by atoms with E-state index in [2.05, 4.69) is 28.5 Å². The summed E-state index contributed by atoms with van der Waals surface area (Å²) in [7, 11) is 1.35. The van der Waals surface area contributed by atoms with Crippen LogP contribution in [-0.2, 0) is 9.53 Å². The van der Waals surface area contributed by atoms with Crippen LogP contribution in [0.5, 0.6) is 0 Å². The highest BCUT2D eigenvalue weighted by Crippen LogP contribution is 2.05. The van der Waals surface area contributed by atoms with Crippen molar-refractivity contribution in [1.29, 1.82) is 0 Å². The van der Waals surface area contributed by atoms with Gasteiger partial charge in [0.1, 0.15) is 6.54 Å². The smallest absolute Gasteiger partial charge is 0.327 e. The summed E-state index contributed by atoms with van der Waals surface area (Å²) in [6, 6.07) is 7.77. The Bertz CT molecular complexity index is 495. The Kier molecular flexibility index (Phi) is 7.04. The molecule has 0 fully saturated rings. The van der Waals surface area contributed by atoms with Crippen molar-refractivity contribution in [2.75, 3.05) is 13.7 Å². The topological polar surface area (TPSA) is 38.7 Å². The summed E-state index contributed by atoms with van der Waals surface area (Å²) in [5.41, 5.74) is 1.86. The molecule has 0 aliphatic carbocycles. The average Bonchev–Trinajstić information content (AvgIpc) is 2.44. The summed E-state index contributed by atoms with van der Waals surface area (Å²) in [4.78, 5) is 15.0. The van der Waals surface area contributed by atoms with Crippen LogP contribution in [0, 0.1) is 11.8 Å². The Morgan fingerprint density at radius 3 is 2.95 bits per heavy atom. The summed E-state index contributed by atoms with van der Waals surface area (Å²) in [5.74, 6) is 5.95. The molecule has 0 aliphatic rings. The van der Waals surface area contributed by atoms with Gasteiger partial charge in [0.2, 0.25) is 0 Å². The monoisotopic (exact) mass is 257 g/mol. The molecule has 0 aromatic heterocycles. The largest absolute Gasteiger partial charge is 0.468 e. The van der Waals surface area contributed by atoms with Crippen LogP contribution in [-0.4, -0.2) is 25.8 Å². The number of carbonyl (C=O) groups excluding carboxylic acids is 1. The second-order valence-corrected chi connectivity index (χ2v) is 4.04. The summed E-state index contributed by atoms with van der Waals surface area (Å²) in [6.07, 6.45) is 4.84. The molecule has 0 saturated heterocycles. The van der Waals surface area contributed by atoms with Crippen LogP contribution in [0.25, 0.3) is 0 Å². The Labute approximate surface area is 114 Å². The van der Waals surface area contributed by atoms with Gasteiger partial charge in [0.25, 0.3) is 0 Å². The van der Waals surface area contributed by atoms with Crippen LogP contribution < -0.4 is 0 Å². The number of hydrogen-bond acceptors (Lipinski definition) is 3. The summed E-state index contributed by atoms with van der Waals surface area (Å²) in [6.45, 7) is 2.18. The molecule has 3 nitrogen and oxygen atoms in total. The van der Waals surface area contributed by atoms with E-state index in [0.717, 1.165) is 30.4 Å². The van der Waals surface area contributed by atoms with E-state index in [-0.39, 0.29) is 12.5 Å². The molecule has 1 rings (SSSR count). The number of unbranched alkanes of at least 4 members (excludes halogenated alkanes) is 2. The third-order valence-corrected chi connectivity index (χ3v) is 2.52. The van der Waals surface area contributed by atoms with E-state index in [4.69, 9.17) is 0 Å². The van der Waals surface area contributed by atoms with Crippen LogP contribution in [0.1, 0.15) is 37.3 Å². The van der Waals surface area contributed by atoms with Crippen molar-refractivity contribution in [3.05, 3.63) is 35.4 Å². The van der Waals surface area contributed by atoms with Crippen molar-refractivity contribution in [2.24, 2.45) is 4.99 Å². The minimum Gasteiger partial charge on any atom is -0.468 e. The molecule has 0 N–H and O–H groups in total. The Morgan fingerprint density at radius 1 is 1.42 bits per heavy atom. The van der Waals surface area contributed by atoms with E-state index >= 15 is 0 Å². The van der Waals surface area contributed by atoms with E-state index in [1.807, 2.05) is 24.3 Å². The predicted octanol–water partition coefficient (Wildman–Crippen LogP) is 2.82. The molecule has 0 spiro atoms. The summed E-state index contributed by atoms with van der Waals surface area (Å²) in [5, 5.41) is 0. The molecular weight excluding hydrogens is 238 g/mol. The van der Waals surface area contributed by atoms with E-state index in [1.54, 1.807) is 6.21 Å². The molecule has 1 aromatic carbocycles. The van der Waals surface area contributed by atoms with Crippen molar-refractivity contribution in [3.8, 4) is 11.8 Å². The molecule has 0 bridgehead atoms. The van der Waals surface area contributed by atoms with Crippen LogP contribution in [0.3, 0.4) is 0 Å². The van der Waals surface area contributed by atoms with Gasteiger partial charge in [0.15, 0.2) is 0 Å². The first kappa shape index (κ1) is 15.0. The normalized spacial score (nSPS) is 10.0. The zero-order valence-electron chi connectivity index (χ0n) is 11.5. The molecule has 0 unspecified atom stereocenters. The van der Waals surface area contributed by atoms with Crippen LogP contribution in [0.4, 0.5) is 0 Å². The zero-order valence-corrected chi connectivity index (χ0v) is 11.5. The average molecular weight is 257 g/mol. The Hall–Kier alpha value is -2.08. The molecule has 3 heteroatoms. The molecule has 0 atom stereocenters. The van der Waals surface area contributed by atoms with Crippen molar-refractivity contribution >= 4 is 12.2 Å². The van der Waals surface area contributed by atoms with E-state index in [0.29, 0.717) is 0 Å². The van der Waals surface area contributed by atoms with Crippen molar-refractivity contribution in [1.82, 2.24) is 0 Å². The maximum Gasteiger partial charge on any atom is 0.327 e. The number of benzene rings is 1. The van der Waals surface area contributed by atoms with E-state index in [1.165, 1.54) is 7.11 Å². The number of ether oxygens (including phenoxy) is 1. The number of esters is 1. The molecule has 1 aromatic rings. The lowest BCUT2D eigenvalue weighted by atomic mass is 10.1. The fourth-order valence-corrected chi connectivity index (χ4v) is 1.43. The number of hydrogen-bond donors (Lipinski definition) is 0. The van der Waals surface area contributed by atoms with Gasteiger partial charge >= 0.3 is 5.97 Å². The van der Waals surface area contributed by atoms with Gasteiger partial charge < -0.3 is 4.74 Å². The van der Waals surface area contributed by atoms with Gasteiger partial charge in [-0.15, -0.1) is 0 Å². The third-order valence-electron chi connectivity index (χ3n) is 2.52. The minimum absolute atomic E-state index is 0.0358. The SMILES string of the molecule is CCCCC#Cc1ccccc1C=NCC(=O)OC. The molecule has 0 saturated carbocycles. The lowest BCUT2D eigenvalue weighted by Crippen LogP contribution is -2.04. The van der Waals surface area contributed by atoms with Gasteiger partial charge in [-0.1, -0.05) is 43.4 Å². The number of nitrogens with zero attached hydrogens (tertiary/aromatic N) is 1. The minimum atomic E-state index is -0.345. The zero-order chi connectivity index (χ0) is 13.9. The lowest BCUT2D eigenvalue weighted by Gasteiger charge is -1.97. The molecule has 100 valence electrons. The first-order valence-corrected chi connectivity index (χ1v) is 6.42. The number of rotatable bonds is 5. The molecule has 0 radical (unpaired) electrons. The van der Waals surface area contributed by atoms with Crippen LogP contribution in [0.2, 0.25) is 0 Å². The quantitative estimate of drug-likeness (QED) is 0.352. The third kappa shape index (κ3) is 5.87. The predicted molar refractivity (Wildman–Crippen MR) is 77.3 cm³/mol. The maximum absolute atomic E-state index is 11.0. The van der Waals surface area contributed by atoms with E-state index in [9.17, 15) is 4.79 Å². The van der Waals surface area contributed by atoms with Crippen molar-refractivity contribution < 1.29 is 9.53 Å². The molecule has 0 aliphatic heterocycles. The first-order chi connectivity index (χ1) is 9.27. The van der Waals surface area contributed by atoms with Gasteiger partial charge in [0.05, 0.1) is 7.11 Å². The Morgan fingerprint density at radius 2 is 2.21 bits per heavy atom. The summed E-state index contributed by atoms with van der Waals surface area (Å²) >= 11 is 0. The highest BCUT2D eigenvalue weighted by atomic mass is 16.5. The Balaban J connectivity index is 2.71. The standard InChI is InChI=1S/C16H19NO2/c1-3-4-5-6-9-14-10-7-8-11-15(14)12-17-13-16(18)19-2/h7-8,10-12H,3-5,13H2,1-2H3. The fourth-order valence-electron chi connectivity index (χ4n) is 1.43. The molecule has 0 amide bonds. The second-order valence-electron chi connectivity index (χ2n) is 4.04. The highest BCUT2D eigenvalue weighted by molar-refractivity contribution is 5.85. The van der Waals surface area contributed by atoms with Gasteiger partial charge in [-0.25, -0.2) is 0 Å². The number of aliphatic imine (C=N–C) groups is 1. The van der Waals surface area contributed by atoms with Gasteiger partial charge in [-0.2, -0.15) is 0 Å². The number of methoxy groups -OCH3 is 1. The highest BCUT2D eigenvalue weighted by Gasteiger charge is 1.97. The van der Waals surface area contributed by atoms with Crippen molar-refractivity contribution in [3.63, 3.8) is 0 Å². The number of carbonyl (C=O) groups is 1. The first-order valence-electron chi connectivity index (χ1n) is 6.42. The lowest BCUT2D eigenvalue weighted by molar-refractivity contribution is -0.138. The fraction of sp³-hybridized carbons (Fsp3) is 0.375. The van der Waals surface area contributed by atoms with Gasteiger partial charge in [-0.05, 0) is 12.5 Å². The van der Waals surface area contributed by atoms with E-state index < -0.39 is 0 Å². The van der Waals surface area contributed by atoms with Gasteiger partial charge in [-0.3, -0.25) is 9.79 Å². The second kappa shape index (κ2) is 8.93. The van der Waals surface area contributed by atoms with Crippen molar-refractivity contribution in [2.45, 2.75) is 26.2 Å². The molecular formula is C16H19NO2.